The van der Waals surface area contributed by atoms with Crippen LogP contribution in [0.4, 0.5) is 0 Å². The van der Waals surface area contributed by atoms with Gasteiger partial charge in [0.05, 0.1) is 0 Å². The average molecular weight is 297 g/mol. The summed E-state index contributed by atoms with van der Waals surface area (Å²) >= 11 is 0. The van der Waals surface area contributed by atoms with Crippen LogP contribution in [0.5, 0.6) is 0 Å². The number of carbonyl (C=O) groups excluding carboxylic acids is 1. The van der Waals surface area contributed by atoms with Crippen LogP contribution in [0.25, 0.3) is 10.9 Å². The van der Waals surface area contributed by atoms with Gasteiger partial charge in [0.15, 0.2) is 0 Å². The molecule has 0 saturated carbocycles. The molecule has 1 atom stereocenters. The second-order valence-electron chi connectivity index (χ2n) is 6.60. The summed E-state index contributed by atoms with van der Waals surface area (Å²) in [7, 11) is 2.03. The van der Waals surface area contributed by atoms with Crippen molar-refractivity contribution < 1.29 is 4.79 Å². The molecule has 22 heavy (non-hydrogen) atoms. The van der Waals surface area contributed by atoms with Gasteiger partial charge in [-0.1, -0.05) is 6.07 Å². The number of amides is 1. The van der Waals surface area contributed by atoms with Crippen molar-refractivity contribution in [2.75, 3.05) is 26.2 Å². The van der Waals surface area contributed by atoms with E-state index in [1.807, 2.05) is 25.4 Å². The summed E-state index contributed by atoms with van der Waals surface area (Å²) in [6.07, 6.45) is 5.63. The van der Waals surface area contributed by atoms with Crippen LogP contribution in [0.15, 0.2) is 30.5 Å². The standard InChI is InChI=1S/C18H23N3O/c1-19-12-8-15-16(6-2-7-17(15)19)18(22)21-11-4-10-20-9-3-5-14(20)13-21/h2,6-8,12,14H,3-5,9-11,13H2,1H3/t14-/m1/s1. The number of benzene rings is 1. The molecular weight excluding hydrogens is 274 g/mol. The first-order valence-corrected chi connectivity index (χ1v) is 8.31. The Labute approximate surface area is 131 Å². The minimum atomic E-state index is 0.200. The van der Waals surface area contributed by atoms with Crippen molar-refractivity contribution in [3.63, 3.8) is 0 Å². The van der Waals surface area contributed by atoms with Gasteiger partial charge in [-0.2, -0.15) is 0 Å². The first-order valence-electron chi connectivity index (χ1n) is 8.31. The molecule has 2 fully saturated rings. The van der Waals surface area contributed by atoms with Gasteiger partial charge in [0, 0.05) is 55.4 Å². The summed E-state index contributed by atoms with van der Waals surface area (Å²) < 4.78 is 2.08. The van der Waals surface area contributed by atoms with E-state index in [1.54, 1.807) is 0 Å². The average Bonchev–Trinajstić information content (AvgIpc) is 3.08. The normalized spacial score (nSPS) is 22.8. The predicted octanol–water partition coefficient (Wildman–Crippen LogP) is 2.49. The number of aromatic nitrogens is 1. The molecule has 4 nitrogen and oxygen atoms in total. The molecule has 4 rings (SSSR count). The number of fused-ring (bicyclic) bond motifs is 2. The molecule has 1 aromatic carbocycles. The van der Waals surface area contributed by atoms with Gasteiger partial charge in [0.25, 0.3) is 5.91 Å². The van der Waals surface area contributed by atoms with Crippen molar-refractivity contribution in [1.82, 2.24) is 14.4 Å². The molecule has 3 heterocycles. The Morgan fingerprint density at radius 1 is 1.14 bits per heavy atom. The smallest absolute Gasteiger partial charge is 0.254 e. The summed E-state index contributed by atoms with van der Waals surface area (Å²) in [4.78, 5) is 17.7. The summed E-state index contributed by atoms with van der Waals surface area (Å²) in [6, 6.07) is 8.67. The van der Waals surface area contributed by atoms with Crippen LogP contribution in [0.3, 0.4) is 0 Å². The first-order chi connectivity index (χ1) is 10.7. The zero-order valence-electron chi connectivity index (χ0n) is 13.2. The lowest BCUT2D eigenvalue weighted by molar-refractivity contribution is 0.0745. The van der Waals surface area contributed by atoms with Crippen LogP contribution < -0.4 is 0 Å². The van der Waals surface area contributed by atoms with Gasteiger partial charge in [-0.3, -0.25) is 9.69 Å². The molecule has 0 unspecified atom stereocenters. The largest absolute Gasteiger partial charge is 0.351 e. The maximum atomic E-state index is 13.1. The van der Waals surface area contributed by atoms with Crippen LogP contribution in [0.1, 0.15) is 29.6 Å². The molecule has 0 bridgehead atoms. The zero-order chi connectivity index (χ0) is 15.1. The minimum absolute atomic E-state index is 0.200. The van der Waals surface area contributed by atoms with Crippen molar-refractivity contribution in [2.24, 2.45) is 7.05 Å². The molecule has 4 heteroatoms. The second kappa shape index (κ2) is 5.43. The lowest BCUT2D eigenvalue weighted by Crippen LogP contribution is -2.39. The summed E-state index contributed by atoms with van der Waals surface area (Å²) in [5.41, 5.74) is 1.98. The lowest BCUT2D eigenvalue weighted by atomic mass is 10.1. The van der Waals surface area contributed by atoms with Crippen LogP contribution in [0, 0.1) is 0 Å². The maximum absolute atomic E-state index is 13.1. The van der Waals surface area contributed by atoms with Gasteiger partial charge in [0.1, 0.15) is 0 Å². The van der Waals surface area contributed by atoms with Crippen molar-refractivity contribution >= 4 is 16.8 Å². The molecular formula is C18H23N3O. The maximum Gasteiger partial charge on any atom is 0.254 e. The van der Waals surface area contributed by atoms with Gasteiger partial charge >= 0.3 is 0 Å². The van der Waals surface area contributed by atoms with Gasteiger partial charge in [-0.25, -0.2) is 0 Å². The monoisotopic (exact) mass is 297 g/mol. The number of nitrogens with zero attached hydrogens (tertiary/aromatic N) is 3. The van der Waals surface area contributed by atoms with Gasteiger partial charge < -0.3 is 9.47 Å². The van der Waals surface area contributed by atoms with E-state index < -0.39 is 0 Å². The Morgan fingerprint density at radius 2 is 2.00 bits per heavy atom. The Kier molecular flexibility index (Phi) is 3.41. The molecule has 0 aliphatic carbocycles. The van der Waals surface area contributed by atoms with E-state index in [9.17, 15) is 4.79 Å². The third kappa shape index (κ3) is 2.22. The Balaban J connectivity index is 1.65. The van der Waals surface area contributed by atoms with Crippen LogP contribution >= 0.6 is 0 Å². The lowest BCUT2D eigenvalue weighted by Gasteiger charge is -2.26. The van der Waals surface area contributed by atoms with E-state index in [1.165, 1.54) is 19.4 Å². The van der Waals surface area contributed by atoms with E-state index in [0.29, 0.717) is 6.04 Å². The SMILES string of the molecule is Cn1ccc2c(C(=O)N3CCCN4CCC[C@@H]4C3)cccc21. The molecule has 2 saturated heterocycles. The van der Waals surface area contributed by atoms with Crippen LogP contribution in [0.2, 0.25) is 0 Å². The number of carbonyl (C=O) groups is 1. The quantitative estimate of drug-likeness (QED) is 0.809. The Morgan fingerprint density at radius 3 is 2.91 bits per heavy atom. The van der Waals surface area contributed by atoms with Crippen molar-refractivity contribution in [3.05, 3.63) is 36.0 Å². The highest BCUT2D eigenvalue weighted by Crippen LogP contribution is 2.25. The van der Waals surface area contributed by atoms with Gasteiger partial charge in [-0.05, 0) is 44.0 Å². The Hall–Kier alpha value is -1.81. The number of hydrogen-bond acceptors (Lipinski definition) is 2. The van der Waals surface area contributed by atoms with Crippen molar-refractivity contribution in [2.45, 2.75) is 25.3 Å². The molecule has 2 aliphatic rings. The summed E-state index contributed by atoms with van der Waals surface area (Å²) in [5, 5.41) is 1.07. The molecule has 2 aliphatic heterocycles. The molecule has 2 aromatic rings. The van der Waals surface area contributed by atoms with Crippen LogP contribution in [-0.2, 0) is 7.05 Å². The molecule has 1 amide bonds. The Bertz CT molecular complexity index is 705. The van der Waals surface area contributed by atoms with Gasteiger partial charge in [0.2, 0.25) is 0 Å². The molecule has 0 radical (unpaired) electrons. The number of aryl methyl sites for hydroxylation is 1. The second-order valence-corrected chi connectivity index (χ2v) is 6.60. The fourth-order valence-corrected chi connectivity index (χ4v) is 4.05. The number of rotatable bonds is 1. The third-order valence-corrected chi connectivity index (χ3v) is 5.25. The molecule has 0 N–H and O–H groups in total. The minimum Gasteiger partial charge on any atom is -0.351 e. The topological polar surface area (TPSA) is 28.5 Å². The number of hydrogen-bond donors (Lipinski definition) is 0. The highest BCUT2D eigenvalue weighted by atomic mass is 16.2. The first kappa shape index (κ1) is 13.8. The van der Waals surface area contributed by atoms with Crippen molar-refractivity contribution in [1.29, 1.82) is 0 Å². The summed E-state index contributed by atoms with van der Waals surface area (Å²) in [6.45, 7) is 4.13. The zero-order valence-corrected chi connectivity index (χ0v) is 13.2. The predicted molar refractivity (Wildman–Crippen MR) is 88.0 cm³/mol. The van der Waals surface area contributed by atoms with Gasteiger partial charge in [-0.15, -0.1) is 0 Å². The van der Waals surface area contributed by atoms with Crippen molar-refractivity contribution in [3.8, 4) is 0 Å². The van der Waals surface area contributed by atoms with Crippen LogP contribution in [-0.4, -0.2) is 52.5 Å². The highest BCUT2D eigenvalue weighted by molar-refractivity contribution is 6.06. The van der Waals surface area contributed by atoms with E-state index >= 15 is 0 Å². The van der Waals surface area contributed by atoms with E-state index in [-0.39, 0.29) is 5.91 Å². The van der Waals surface area contributed by atoms with E-state index in [2.05, 4.69) is 26.5 Å². The molecule has 0 spiro atoms. The van der Waals surface area contributed by atoms with E-state index in [0.717, 1.165) is 42.5 Å². The molecule has 1 aromatic heterocycles. The third-order valence-electron chi connectivity index (χ3n) is 5.25. The highest BCUT2D eigenvalue weighted by Gasteiger charge is 2.31. The fourth-order valence-electron chi connectivity index (χ4n) is 4.05. The summed E-state index contributed by atoms with van der Waals surface area (Å²) in [5.74, 6) is 0.200. The molecule has 116 valence electrons. The van der Waals surface area contributed by atoms with E-state index in [4.69, 9.17) is 0 Å². The fraction of sp³-hybridized carbons (Fsp3) is 0.500.